The zero-order valence-corrected chi connectivity index (χ0v) is 14.4. The Hall–Kier alpha value is -0.470. The molecule has 1 saturated heterocycles. The normalized spacial score (nSPS) is 19.5. The fraction of sp³-hybridized carbons (Fsp3) is 0.714. The topological polar surface area (TPSA) is 67.4 Å². The minimum absolute atomic E-state index is 0.0146. The van der Waals surface area contributed by atoms with Crippen molar-refractivity contribution in [2.24, 2.45) is 0 Å². The van der Waals surface area contributed by atoms with Crippen LogP contribution in [0.4, 0.5) is 0 Å². The molecule has 5 nitrogen and oxygen atoms in total. The molecule has 7 heteroatoms. The minimum atomic E-state index is -3.44. The van der Waals surface area contributed by atoms with E-state index in [1.54, 1.807) is 6.07 Å². The molecule has 2 heterocycles. The maximum Gasteiger partial charge on any atom is 0.241 e. The van der Waals surface area contributed by atoms with Crippen LogP contribution in [0.15, 0.2) is 11.0 Å². The summed E-state index contributed by atoms with van der Waals surface area (Å²) in [6.07, 6.45) is 1.95. The molecular formula is C14H24N2O3S2. The third-order valence-corrected chi connectivity index (χ3v) is 6.15. The number of aryl methyl sites for hydroxylation is 1. The summed E-state index contributed by atoms with van der Waals surface area (Å²) < 4.78 is 32.9. The molecule has 0 saturated carbocycles. The van der Waals surface area contributed by atoms with Gasteiger partial charge in [-0.2, -0.15) is 0 Å². The summed E-state index contributed by atoms with van der Waals surface area (Å²) in [7, 11) is -3.44. The molecule has 1 aromatic heterocycles. The van der Waals surface area contributed by atoms with E-state index in [1.165, 1.54) is 11.3 Å². The van der Waals surface area contributed by atoms with E-state index in [0.29, 0.717) is 24.0 Å². The molecular weight excluding hydrogens is 308 g/mol. The summed E-state index contributed by atoms with van der Waals surface area (Å²) in [5.41, 5.74) is 0. The van der Waals surface area contributed by atoms with Gasteiger partial charge in [0.15, 0.2) is 0 Å². The van der Waals surface area contributed by atoms with Crippen molar-refractivity contribution in [2.75, 3.05) is 13.2 Å². The van der Waals surface area contributed by atoms with Crippen LogP contribution in [0, 0.1) is 6.92 Å². The standard InChI is InChI=1S/C14H24N2O3S2/c1-10(2)15-9-13-7-14(11(3)20-13)21(17,18)16-8-12-5-4-6-19-12/h7,10,12,15-16H,4-6,8-9H2,1-3H3. The fourth-order valence-corrected chi connectivity index (χ4v) is 4.92. The van der Waals surface area contributed by atoms with Gasteiger partial charge >= 0.3 is 0 Å². The van der Waals surface area contributed by atoms with E-state index in [4.69, 9.17) is 4.74 Å². The van der Waals surface area contributed by atoms with E-state index < -0.39 is 10.0 Å². The molecule has 0 bridgehead atoms. The summed E-state index contributed by atoms with van der Waals surface area (Å²) in [5, 5.41) is 3.31. The van der Waals surface area contributed by atoms with Gasteiger partial charge in [-0.25, -0.2) is 13.1 Å². The van der Waals surface area contributed by atoms with E-state index in [9.17, 15) is 8.42 Å². The van der Waals surface area contributed by atoms with Crippen LogP contribution in [0.3, 0.4) is 0 Å². The van der Waals surface area contributed by atoms with E-state index in [2.05, 4.69) is 23.9 Å². The van der Waals surface area contributed by atoms with Gasteiger partial charge in [0.1, 0.15) is 0 Å². The molecule has 120 valence electrons. The summed E-state index contributed by atoms with van der Waals surface area (Å²) in [6, 6.07) is 2.15. The second kappa shape index (κ2) is 7.19. The summed E-state index contributed by atoms with van der Waals surface area (Å²) in [4.78, 5) is 2.26. The molecule has 0 amide bonds. The highest BCUT2D eigenvalue weighted by atomic mass is 32.2. The largest absolute Gasteiger partial charge is 0.377 e. The maximum absolute atomic E-state index is 12.4. The molecule has 2 N–H and O–H groups in total. The van der Waals surface area contributed by atoms with Crippen LogP contribution in [0.2, 0.25) is 0 Å². The van der Waals surface area contributed by atoms with Crippen molar-refractivity contribution in [2.45, 2.75) is 57.2 Å². The van der Waals surface area contributed by atoms with Gasteiger partial charge in [-0.05, 0) is 25.8 Å². The summed E-state index contributed by atoms with van der Waals surface area (Å²) in [5.74, 6) is 0. The molecule has 1 fully saturated rings. The van der Waals surface area contributed by atoms with E-state index in [0.717, 1.165) is 29.2 Å². The quantitative estimate of drug-likeness (QED) is 0.801. The van der Waals surface area contributed by atoms with Gasteiger partial charge in [-0.3, -0.25) is 0 Å². The Labute approximate surface area is 131 Å². The molecule has 0 aliphatic carbocycles. The summed E-state index contributed by atoms with van der Waals surface area (Å²) >= 11 is 1.53. The first kappa shape index (κ1) is 16.9. The number of sulfonamides is 1. The average Bonchev–Trinajstić information content (AvgIpc) is 3.03. The highest BCUT2D eigenvalue weighted by molar-refractivity contribution is 7.89. The van der Waals surface area contributed by atoms with E-state index >= 15 is 0 Å². The number of hydrogen-bond donors (Lipinski definition) is 2. The first-order chi connectivity index (χ1) is 9.88. The molecule has 0 radical (unpaired) electrons. The fourth-order valence-electron chi connectivity index (χ4n) is 2.27. The minimum Gasteiger partial charge on any atom is -0.377 e. The van der Waals surface area contributed by atoms with Crippen LogP contribution in [-0.4, -0.2) is 33.7 Å². The molecule has 1 aromatic rings. The summed E-state index contributed by atoms with van der Waals surface area (Å²) in [6.45, 7) is 7.78. The van der Waals surface area contributed by atoms with Gasteiger partial charge in [0.2, 0.25) is 10.0 Å². The smallest absolute Gasteiger partial charge is 0.241 e. The highest BCUT2D eigenvalue weighted by Crippen LogP contribution is 2.26. The van der Waals surface area contributed by atoms with Crippen molar-refractivity contribution < 1.29 is 13.2 Å². The van der Waals surface area contributed by atoms with Crippen LogP contribution in [0.25, 0.3) is 0 Å². The predicted octanol–water partition coefficient (Wildman–Crippen LogP) is 2.01. The van der Waals surface area contributed by atoms with Gasteiger partial charge in [-0.1, -0.05) is 13.8 Å². The van der Waals surface area contributed by atoms with Gasteiger partial charge in [0.25, 0.3) is 0 Å². The van der Waals surface area contributed by atoms with Crippen molar-refractivity contribution in [3.8, 4) is 0 Å². The van der Waals surface area contributed by atoms with Crippen LogP contribution < -0.4 is 10.0 Å². The van der Waals surface area contributed by atoms with Crippen molar-refractivity contribution in [3.05, 3.63) is 15.8 Å². The number of nitrogens with one attached hydrogen (secondary N) is 2. The number of hydrogen-bond acceptors (Lipinski definition) is 5. The van der Waals surface area contributed by atoms with Crippen LogP contribution >= 0.6 is 11.3 Å². The number of thiophene rings is 1. The van der Waals surface area contributed by atoms with Crippen molar-refractivity contribution in [1.29, 1.82) is 0 Å². The molecule has 2 rings (SSSR count). The molecule has 0 aromatic carbocycles. The molecule has 1 unspecified atom stereocenters. The lowest BCUT2D eigenvalue weighted by atomic mass is 10.2. The zero-order valence-electron chi connectivity index (χ0n) is 12.8. The van der Waals surface area contributed by atoms with Gasteiger partial charge < -0.3 is 10.1 Å². The van der Waals surface area contributed by atoms with Crippen LogP contribution in [0.5, 0.6) is 0 Å². The maximum atomic E-state index is 12.4. The second-order valence-electron chi connectivity index (χ2n) is 5.66. The van der Waals surface area contributed by atoms with Crippen molar-refractivity contribution in [1.82, 2.24) is 10.0 Å². The molecule has 1 atom stereocenters. The lowest BCUT2D eigenvalue weighted by Crippen LogP contribution is -2.31. The predicted molar refractivity (Wildman–Crippen MR) is 85.2 cm³/mol. The van der Waals surface area contributed by atoms with E-state index in [-0.39, 0.29) is 6.10 Å². The Balaban J connectivity index is 2.01. The number of ether oxygens (including phenoxy) is 1. The number of rotatable bonds is 7. The van der Waals surface area contributed by atoms with Gasteiger partial charge in [0.05, 0.1) is 11.0 Å². The second-order valence-corrected chi connectivity index (χ2v) is 8.73. The third kappa shape index (κ3) is 4.75. The zero-order chi connectivity index (χ0) is 15.5. The monoisotopic (exact) mass is 332 g/mol. The van der Waals surface area contributed by atoms with Crippen LogP contribution in [-0.2, 0) is 21.3 Å². The molecule has 21 heavy (non-hydrogen) atoms. The van der Waals surface area contributed by atoms with E-state index in [1.807, 2.05) is 6.92 Å². The Morgan fingerprint density at radius 1 is 1.48 bits per heavy atom. The molecule has 1 aliphatic rings. The lowest BCUT2D eigenvalue weighted by Gasteiger charge is -2.11. The third-order valence-electron chi connectivity index (χ3n) is 3.42. The molecule has 0 spiro atoms. The van der Waals surface area contributed by atoms with Gasteiger partial charge in [-0.15, -0.1) is 11.3 Å². The Bertz CT molecular complexity index is 561. The average molecular weight is 332 g/mol. The molecule has 1 aliphatic heterocycles. The SMILES string of the molecule is Cc1sc(CNC(C)C)cc1S(=O)(=O)NCC1CCCO1. The lowest BCUT2D eigenvalue weighted by molar-refractivity contribution is 0.114. The Morgan fingerprint density at radius 3 is 2.86 bits per heavy atom. The Morgan fingerprint density at radius 2 is 2.24 bits per heavy atom. The highest BCUT2D eigenvalue weighted by Gasteiger charge is 2.23. The first-order valence-electron chi connectivity index (χ1n) is 7.32. The van der Waals surface area contributed by atoms with Gasteiger partial charge in [0, 0.05) is 35.5 Å². The van der Waals surface area contributed by atoms with Crippen LogP contribution in [0.1, 0.15) is 36.4 Å². The van der Waals surface area contributed by atoms with Crippen molar-refractivity contribution >= 4 is 21.4 Å². The first-order valence-corrected chi connectivity index (χ1v) is 9.62. The Kier molecular flexibility index (Phi) is 5.79. The van der Waals surface area contributed by atoms with Crippen molar-refractivity contribution in [3.63, 3.8) is 0 Å².